The Bertz CT molecular complexity index is 463. The van der Waals surface area contributed by atoms with Gasteiger partial charge >= 0.3 is 36.2 Å². The molecule has 0 unspecified atom stereocenters. The fraction of sp³-hybridized carbons (Fsp3) is 0.500. The monoisotopic (exact) mass is 378 g/mol. The molecule has 0 atom stereocenters. The summed E-state index contributed by atoms with van der Waals surface area (Å²) >= 11 is 0. The van der Waals surface area contributed by atoms with Crippen molar-refractivity contribution >= 4 is 0 Å². The highest BCUT2D eigenvalue weighted by Gasteiger charge is 2.73. The van der Waals surface area contributed by atoms with Crippen LogP contribution in [0.3, 0.4) is 0 Å². The van der Waals surface area contributed by atoms with Crippen LogP contribution in [0, 0.1) is 0 Å². The van der Waals surface area contributed by atoms with Crippen LogP contribution in [0.5, 0.6) is 0 Å². The molecular formula is C8F14O. The summed E-state index contributed by atoms with van der Waals surface area (Å²) in [7, 11) is 0. The quantitative estimate of drug-likeness (QED) is 0.546. The second-order valence-electron chi connectivity index (χ2n) is 3.43. The van der Waals surface area contributed by atoms with E-state index in [2.05, 4.69) is 0 Å². The van der Waals surface area contributed by atoms with Gasteiger partial charge in [0.05, 0.1) is 0 Å². The molecule has 15 heteroatoms. The van der Waals surface area contributed by atoms with Gasteiger partial charge in [-0.05, 0) is 0 Å². The standard InChI is InChI=1S/C8F14O/c9-1(3(11)12)5(15,16)7(19,20)23-8(21,22)6(17,18)2(10)4(13)14. The second-order valence-corrected chi connectivity index (χ2v) is 3.43. The smallest absolute Gasteiger partial charge is 0.245 e. The van der Waals surface area contributed by atoms with Gasteiger partial charge in [0.15, 0.2) is 0 Å². The number of ether oxygens (including phenoxy) is 1. The van der Waals surface area contributed by atoms with Crippen molar-refractivity contribution in [1.82, 2.24) is 0 Å². The molecule has 0 aliphatic rings. The van der Waals surface area contributed by atoms with E-state index in [0.29, 0.717) is 0 Å². The molecule has 0 N–H and O–H groups in total. The van der Waals surface area contributed by atoms with Gasteiger partial charge in [-0.1, -0.05) is 0 Å². The van der Waals surface area contributed by atoms with E-state index in [1.807, 2.05) is 0 Å². The van der Waals surface area contributed by atoms with E-state index < -0.39 is 47.9 Å². The number of hydrogen-bond donors (Lipinski definition) is 0. The average molecular weight is 378 g/mol. The largest absolute Gasteiger partial charge is 0.431 e. The molecule has 0 saturated heterocycles. The molecule has 0 fully saturated rings. The van der Waals surface area contributed by atoms with Crippen LogP contribution in [0.25, 0.3) is 0 Å². The molecule has 0 bridgehead atoms. The van der Waals surface area contributed by atoms with Gasteiger partial charge in [0.2, 0.25) is 11.7 Å². The van der Waals surface area contributed by atoms with E-state index in [0.717, 1.165) is 0 Å². The fourth-order valence-electron chi connectivity index (χ4n) is 0.782. The Morgan fingerprint density at radius 1 is 0.478 bits per heavy atom. The molecule has 0 saturated carbocycles. The Morgan fingerprint density at radius 2 is 0.696 bits per heavy atom. The summed E-state index contributed by atoms with van der Waals surface area (Å²) in [5, 5.41) is 0. The van der Waals surface area contributed by atoms with Gasteiger partial charge < -0.3 is 0 Å². The summed E-state index contributed by atoms with van der Waals surface area (Å²) in [5.41, 5.74) is 0. The average Bonchev–Trinajstić information content (AvgIpc) is 2.34. The molecule has 0 aliphatic heterocycles. The molecule has 136 valence electrons. The molecule has 0 spiro atoms. The van der Waals surface area contributed by atoms with E-state index in [1.165, 1.54) is 4.74 Å². The molecular weight excluding hydrogens is 378 g/mol. The lowest BCUT2D eigenvalue weighted by Crippen LogP contribution is -2.54. The van der Waals surface area contributed by atoms with Crippen molar-refractivity contribution in [2.45, 2.75) is 24.1 Å². The van der Waals surface area contributed by atoms with Gasteiger partial charge in [0, 0.05) is 0 Å². The number of halogens is 14. The molecule has 0 radical (unpaired) electrons. The van der Waals surface area contributed by atoms with Gasteiger partial charge in [-0.15, -0.1) is 0 Å². The van der Waals surface area contributed by atoms with Crippen molar-refractivity contribution in [2.75, 3.05) is 0 Å². The summed E-state index contributed by atoms with van der Waals surface area (Å²) in [6.45, 7) is 0. The minimum absolute atomic E-state index is 1.52. The molecule has 0 amide bonds. The Morgan fingerprint density at radius 3 is 0.870 bits per heavy atom. The van der Waals surface area contributed by atoms with E-state index in [9.17, 15) is 61.5 Å². The van der Waals surface area contributed by atoms with E-state index >= 15 is 0 Å². The minimum Gasteiger partial charge on any atom is -0.245 e. The van der Waals surface area contributed by atoms with Crippen LogP contribution in [0.4, 0.5) is 61.5 Å². The maximum Gasteiger partial charge on any atom is 0.431 e. The Hall–Kier alpha value is -1.54. The van der Waals surface area contributed by atoms with Crippen molar-refractivity contribution in [1.29, 1.82) is 0 Å². The number of rotatable bonds is 6. The first-order valence-electron chi connectivity index (χ1n) is 4.55. The van der Waals surface area contributed by atoms with Crippen molar-refractivity contribution in [3.63, 3.8) is 0 Å². The van der Waals surface area contributed by atoms with Crippen molar-refractivity contribution < 1.29 is 66.2 Å². The Balaban J connectivity index is 5.87. The second kappa shape index (κ2) is 6.16. The van der Waals surface area contributed by atoms with E-state index in [4.69, 9.17) is 0 Å². The van der Waals surface area contributed by atoms with Crippen LogP contribution in [-0.2, 0) is 4.74 Å². The van der Waals surface area contributed by atoms with Crippen molar-refractivity contribution in [3.05, 3.63) is 23.8 Å². The van der Waals surface area contributed by atoms with Gasteiger partial charge in [0.1, 0.15) is 0 Å². The third-order valence-electron chi connectivity index (χ3n) is 1.87. The van der Waals surface area contributed by atoms with Crippen LogP contribution in [0.1, 0.15) is 0 Å². The molecule has 0 heterocycles. The van der Waals surface area contributed by atoms with Crippen LogP contribution in [0.2, 0.25) is 0 Å². The topological polar surface area (TPSA) is 9.23 Å². The minimum atomic E-state index is -7.10. The summed E-state index contributed by atoms with van der Waals surface area (Å²) in [6.07, 6.45) is -22.5. The maximum atomic E-state index is 12.6. The van der Waals surface area contributed by atoms with Gasteiger partial charge in [-0.3, -0.25) is 0 Å². The van der Waals surface area contributed by atoms with E-state index in [1.54, 1.807) is 0 Å². The lowest BCUT2D eigenvalue weighted by molar-refractivity contribution is -0.460. The normalized spacial score (nSPS) is 13.8. The molecule has 0 aliphatic carbocycles. The summed E-state index contributed by atoms with van der Waals surface area (Å²) in [6, 6.07) is 0. The first-order valence-corrected chi connectivity index (χ1v) is 4.55. The highest BCUT2D eigenvalue weighted by Crippen LogP contribution is 2.50. The zero-order valence-electron chi connectivity index (χ0n) is 9.70. The predicted molar refractivity (Wildman–Crippen MR) is 41.6 cm³/mol. The van der Waals surface area contributed by atoms with E-state index in [-0.39, 0.29) is 0 Å². The molecule has 0 aromatic rings. The molecule has 0 aromatic carbocycles. The SMILES string of the molecule is FC(F)=C(F)C(F)(F)C(F)(F)OC(F)(F)C(F)(F)C(F)=C(F)F. The lowest BCUT2D eigenvalue weighted by atomic mass is 10.2. The van der Waals surface area contributed by atoms with Crippen LogP contribution in [0.15, 0.2) is 23.8 Å². The summed E-state index contributed by atoms with van der Waals surface area (Å²) < 4.78 is 172. The Labute approximate surface area is 115 Å². The maximum absolute atomic E-state index is 12.6. The molecule has 23 heavy (non-hydrogen) atoms. The third-order valence-corrected chi connectivity index (χ3v) is 1.87. The number of alkyl halides is 8. The molecule has 1 nitrogen and oxygen atoms in total. The van der Waals surface area contributed by atoms with Crippen molar-refractivity contribution in [2.24, 2.45) is 0 Å². The van der Waals surface area contributed by atoms with Crippen LogP contribution in [-0.4, -0.2) is 24.1 Å². The molecule has 0 aromatic heterocycles. The van der Waals surface area contributed by atoms with Crippen molar-refractivity contribution in [3.8, 4) is 0 Å². The zero-order chi connectivity index (χ0) is 19.0. The molecule has 0 rings (SSSR count). The zero-order valence-corrected chi connectivity index (χ0v) is 9.70. The summed E-state index contributed by atoms with van der Waals surface area (Å²) in [5.74, 6) is -22.5. The highest BCUT2D eigenvalue weighted by atomic mass is 19.4. The lowest BCUT2D eigenvalue weighted by Gasteiger charge is -2.31. The fourth-order valence-corrected chi connectivity index (χ4v) is 0.782. The first kappa shape index (κ1) is 21.5. The summed E-state index contributed by atoms with van der Waals surface area (Å²) in [4.78, 5) is 0. The Kier molecular flexibility index (Phi) is 5.75. The van der Waals surface area contributed by atoms with Gasteiger partial charge in [-0.2, -0.15) is 61.5 Å². The van der Waals surface area contributed by atoms with Gasteiger partial charge in [0.25, 0.3) is 0 Å². The third kappa shape index (κ3) is 3.87. The van der Waals surface area contributed by atoms with Crippen LogP contribution < -0.4 is 0 Å². The highest BCUT2D eigenvalue weighted by molar-refractivity contribution is 5.11. The van der Waals surface area contributed by atoms with Crippen LogP contribution >= 0.6 is 0 Å². The first-order chi connectivity index (χ1) is 9.92. The number of hydrogen-bond acceptors (Lipinski definition) is 1. The predicted octanol–water partition coefficient (Wildman–Crippen LogP) is 5.61. The van der Waals surface area contributed by atoms with Gasteiger partial charge in [-0.25, -0.2) is 4.74 Å².